The van der Waals surface area contributed by atoms with Gasteiger partial charge in [-0.3, -0.25) is 10.8 Å². The van der Waals surface area contributed by atoms with Crippen molar-refractivity contribution in [1.82, 2.24) is 0 Å². The van der Waals surface area contributed by atoms with Gasteiger partial charge in [0.15, 0.2) is 0 Å². The van der Waals surface area contributed by atoms with Crippen molar-refractivity contribution in [3.63, 3.8) is 0 Å². The third-order valence-electron chi connectivity index (χ3n) is 2.23. The Morgan fingerprint density at radius 2 is 1.12 bits per heavy atom. The van der Waals surface area contributed by atoms with Crippen LogP contribution in [0, 0.1) is 45.3 Å². The maximum atomic E-state index is 8.71. The lowest BCUT2D eigenvalue weighted by molar-refractivity contribution is 0.903. The molecule has 0 heterocycles. The average molecular weight is 208 g/mol. The van der Waals surface area contributed by atoms with Gasteiger partial charge in [0.25, 0.3) is 0 Å². The molecule has 16 heavy (non-hydrogen) atoms. The molecule has 0 aromatic rings. The van der Waals surface area contributed by atoms with Crippen molar-refractivity contribution in [2.24, 2.45) is 11.8 Å². The van der Waals surface area contributed by atoms with Crippen LogP contribution in [0.1, 0.15) is 0 Å². The van der Waals surface area contributed by atoms with Crippen molar-refractivity contribution in [1.29, 1.82) is 21.3 Å². The van der Waals surface area contributed by atoms with E-state index >= 15 is 0 Å². The number of nitrogens with one attached hydrogen (secondary N) is 2. The molecule has 0 aromatic carbocycles. The van der Waals surface area contributed by atoms with E-state index in [1.165, 1.54) is 0 Å². The summed E-state index contributed by atoms with van der Waals surface area (Å²) in [6.07, 6.45) is 6.89. The highest BCUT2D eigenvalue weighted by molar-refractivity contribution is 5.65. The maximum Gasteiger partial charge on any atom is 0.106 e. The zero-order chi connectivity index (χ0) is 12.0. The van der Waals surface area contributed by atoms with E-state index in [4.69, 9.17) is 21.3 Å². The molecule has 0 spiro atoms. The van der Waals surface area contributed by atoms with Crippen LogP contribution in [0.3, 0.4) is 0 Å². The van der Waals surface area contributed by atoms with Crippen LogP contribution in [-0.2, 0) is 0 Å². The van der Waals surface area contributed by atoms with Gasteiger partial charge >= 0.3 is 0 Å². The van der Waals surface area contributed by atoms with Crippen molar-refractivity contribution in [2.45, 2.75) is 0 Å². The lowest BCUT2D eigenvalue weighted by atomic mass is 9.88. The zero-order valence-electron chi connectivity index (χ0n) is 8.36. The quantitative estimate of drug-likeness (QED) is 0.410. The Bertz CT molecular complexity index is 464. The molecule has 4 nitrogen and oxygen atoms in total. The number of hydrogen-bond donors (Lipinski definition) is 2. The minimum absolute atomic E-state index is 0.225. The van der Waals surface area contributed by atoms with Crippen molar-refractivity contribution in [3.05, 3.63) is 35.5 Å². The zero-order valence-corrected chi connectivity index (χ0v) is 8.36. The summed E-state index contributed by atoms with van der Waals surface area (Å²) >= 11 is 0. The normalized spacial score (nSPS) is 21.1. The average Bonchev–Trinajstić information content (AvgIpc) is 2.34. The summed E-state index contributed by atoms with van der Waals surface area (Å²) in [7, 11) is 0. The molecule has 0 saturated carbocycles. The second kappa shape index (κ2) is 5.29. The Morgan fingerprint density at radius 3 is 1.31 bits per heavy atom. The van der Waals surface area contributed by atoms with Gasteiger partial charge in [-0.15, -0.1) is 0 Å². The summed E-state index contributed by atoms with van der Waals surface area (Å²) in [6.45, 7) is 0. The first-order valence-electron chi connectivity index (χ1n) is 4.52. The first-order chi connectivity index (χ1) is 7.76. The molecule has 1 aliphatic carbocycles. The van der Waals surface area contributed by atoms with E-state index in [0.717, 1.165) is 0 Å². The highest BCUT2D eigenvalue weighted by atomic mass is 14.3. The minimum Gasteiger partial charge on any atom is -0.258 e. The van der Waals surface area contributed by atoms with Gasteiger partial charge in [0.05, 0.1) is 0 Å². The van der Waals surface area contributed by atoms with Crippen molar-refractivity contribution in [3.8, 4) is 12.1 Å². The summed E-state index contributed by atoms with van der Waals surface area (Å²) in [5, 5.41) is 31.3. The molecule has 1 aliphatic rings. The van der Waals surface area contributed by atoms with Crippen LogP contribution in [0.15, 0.2) is 35.5 Å². The highest BCUT2D eigenvalue weighted by Crippen LogP contribution is 2.22. The second-order valence-electron chi connectivity index (χ2n) is 3.12. The van der Waals surface area contributed by atoms with E-state index in [2.05, 4.69) is 11.7 Å². The molecule has 1 rings (SSSR count). The van der Waals surface area contributed by atoms with E-state index in [9.17, 15) is 0 Å². The third kappa shape index (κ3) is 2.23. The Kier molecular flexibility index (Phi) is 3.78. The fraction of sp³-hybridized carbons (Fsp3) is 0.167. The van der Waals surface area contributed by atoms with Gasteiger partial charge < -0.3 is 0 Å². The molecule has 0 bridgehead atoms. The summed E-state index contributed by atoms with van der Waals surface area (Å²) in [5.41, 5.74) is 0.451. The van der Waals surface area contributed by atoms with E-state index in [1.54, 1.807) is 24.3 Å². The van der Waals surface area contributed by atoms with Crippen LogP contribution < -0.4 is 0 Å². The summed E-state index contributed by atoms with van der Waals surface area (Å²) < 4.78 is 0. The van der Waals surface area contributed by atoms with Gasteiger partial charge in [0.2, 0.25) is 0 Å². The van der Waals surface area contributed by atoms with Crippen LogP contribution in [-0.4, -0.2) is 11.7 Å². The van der Waals surface area contributed by atoms with Crippen molar-refractivity contribution in [2.75, 3.05) is 0 Å². The summed E-state index contributed by atoms with van der Waals surface area (Å²) in [4.78, 5) is 0. The predicted octanol–water partition coefficient (Wildman–Crippen LogP) is 1.74. The second-order valence-corrected chi connectivity index (χ2v) is 3.12. The molecule has 4 heteroatoms. The van der Waals surface area contributed by atoms with Gasteiger partial charge in [-0.1, -0.05) is 24.3 Å². The SMILES string of the molecule is N#CC(=C=N)C1C=CC(C(=C=N)C#N)C=C1. The monoisotopic (exact) mass is 208 g/mol. The molecular formula is C12H8N4. The third-order valence-corrected chi connectivity index (χ3v) is 2.23. The first-order valence-corrected chi connectivity index (χ1v) is 4.52. The van der Waals surface area contributed by atoms with Crippen LogP contribution in [0.4, 0.5) is 0 Å². The molecule has 0 amide bonds. The van der Waals surface area contributed by atoms with Gasteiger partial charge in [-0.05, 0) is 11.7 Å². The number of rotatable bonds is 2. The van der Waals surface area contributed by atoms with Crippen LogP contribution >= 0.6 is 0 Å². The fourth-order valence-corrected chi connectivity index (χ4v) is 1.36. The Morgan fingerprint density at radius 1 is 0.812 bits per heavy atom. The lowest BCUT2D eigenvalue weighted by Crippen LogP contribution is -2.06. The molecule has 0 saturated heterocycles. The number of nitriles is 2. The molecule has 0 unspecified atom stereocenters. The predicted molar refractivity (Wildman–Crippen MR) is 59.0 cm³/mol. The first kappa shape index (κ1) is 11.4. The van der Waals surface area contributed by atoms with Gasteiger partial charge in [-0.2, -0.15) is 10.5 Å². The molecule has 76 valence electrons. The Hall–Kier alpha value is -2.64. The van der Waals surface area contributed by atoms with Crippen molar-refractivity contribution >= 4 is 11.7 Å². The van der Waals surface area contributed by atoms with Crippen molar-refractivity contribution < 1.29 is 0 Å². The summed E-state index contributed by atoms with van der Waals surface area (Å²) in [6, 6.07) is 3.77. The minimum atomic E-state index is -0.260. The molecule has 0 fully saturated rings. The van der Waals surface area contributed by atoms with Crippen LogP contribution in [0.5, 0.6) is 0 Å². The molecule has 0 radical (unpaired) electrons. The molecular weight excluding hydrogens is 200 g/mol. The van der Waals surface area contributed by atoms with Crippen LogP contribution in [0.25, 0.3) is 0 Å². The van der Waals surface area contributed by atoms with E-state index in [0.29, 0.717) is 0 Å². The fourth-order valence-electron chi connectivity index (χ4n) is 1.36. The standard InChI is InChI=1S/C12H8N4/c13-5-11(6-14)9-1-2-10(4-3-9)12(7-15)8-16/h1-4,9-10,13,15H. The Labute approximate surface area is 93.1 Å². The number of hydrogen-bond acceptors (Lipinski definition) is 4. The lowest BCUT2D eigenvalue weighted by Gasteiger charge is -2.13. The maximum absolute atomic E-state index is 8.71. The highest BCUT2D eigenvalue weighted by Gasteiger charge is 2.16. The summed E-state index contributed by atoms with van der Waals surface area (Å²) in [5.74, 6) is 3.62. The number of nitrogens with zero attached hydrogens (tertiary/aromatic N) is 2. The topological polar surface area (TPSA) is 95.3 Å². The van der Waals surface area contributed by atoms with Gasteiger partial charge in [-0.25, -0.2) is 0 Å². The van der Waals surface area contributed by atoms with Gasteiger partial charge in [0.1, 0.15) is 23.3 Å². The van der Waals surface area contributed by atoms with Gasteiger partial charge in [0, 0.05) is 11.8 Å². The molecule has 0 aromatic heterocycles. The molecule has 0 aliphatic heterocycles. The largest absolute Gasteiger partial charge is 0.258 e. The Balaban J connectivity index is 2.91. The van der Waals surface area contributed by atoms with E-state index in [-0.39, 0.29) is 23.0 Å². The smallest absolute Gasteiger partial charge is 0.106 e. The van der Waals surface area contributed by atoms with E-state index in [1.807, 2.05) is 12.1 Å². The molecule has 2 N–H and O–H groups in total. The van der Waals surface area contributed by atoms with E-state index < -0.39 is 0 Å². The molecule has 0 atom stereocenters. The number of allylic oxidation sites excluding steroid dienone is 6. The van der Waals surface area contributed by atoms with Crippen LogP contribution in [0.2, 0.25) is 0 Å².